The van der Waals surface area contributed by atoms with Crippen molar-refractivity contribution in [3.63, 3.8) is 0 Å². The van der Waals surface area contributed by atoms with Crippen LogP contribution < -0.4 is 21.3 Å². The van der Waals surface area contributed by atoms with Crippen molar-refractivity contribution in [2.45, 2.75) is 58.6 Å². The summed E-state index contributed by atoms with van der Waals surface area (Å²) < 4.78 is 10.8. The number of carbonyl (C=O) groups excluding carboxylic acids is 4. The molecule has 0 spiro atoms. The number of amides is 4. The Balaban J connectivity index is 1.42. The van der Waals surface area contributed by atoms with Crippen molar-refractivity contribution < 1.29 is 28.7 Å². The van der Waals surface area contributed by atoms with Crippen LogP contribution in [-0.2, 0) is 9.47 Å². The van der Waals surface area contributed by atoms with Crippen molar-refractivity contribution >= 4 is 40.9 Å². The van der Waals surface area contributed by atoms with Gasteiger partial charge in [-0.25, -0.2) is 9.59 Å². The second-order valence-corrected chi connectivity index (χ2v) is 12.3. The molecule has 0 bridgehead atoms. The highest BCUT2D eigenvalue weighted by Crippen LogP contribution is 2.24. The average Bonchev–Trinajstić information content (AvgIpc) is 3.03. The molecule has 12 nitrogen and oxygen atoms in total. The van der Waals surface area contributed by atoms with Gasteiger partial charge < -0.3 is 25.4 Å². The Bertz CT molecular complexity index is 1530. The molecule has 3 aromatic rings. The van der Waals surface area contributed by atoms with Gasteiger partial charge in [-0.05, 0) is 89.4 Å². The quantitative estimate of drug-likeness (QED) is 0.133. The number of carbonyl (C=O) groups is 4. The SMILES string of the molecule is CC(=O)c1cccc(NC(=O)NC(CCCCN2CCOCC2)c2ccc(C(=O)Nc3ccccc3NC(=O)OC(C)(C)C)nc2)c1. The van der Waals surface area contributed by atoms with Crippen LogP contribution in [0.4, 0.5) is 26.7 Å². The topological polar surface area (TPSA) is 151 Å². The minimum Gasteiger partial charge on any atom is -0.444 e. The molecule has 1 fully saturated rings. The van der Waals surface area contributed by atoms with Crippen LogP contribution in [-0.4, -0.2) is 72.1 Å². The lowest BCUT2D eigenvalue weighted by atomic mass is 10.0. The molecule has 1 atom stereocenters. The lowest BCUT2D eigenvalue weighted by Crippen LogP contribution is -2.37. The van der Waals surface area contributed by atoms with Crippen molar-refractivity contribution in [2.24, 2.45) is 0 Å². The maximum Gasteiger partial charge on any atom is 0.412 e. The number of hydrogen-bond acceptors (Lipinski definition) is 8. The van der Waals surface area contributed by atoms with Gasteiger partial charge in [0.05, 0.1) is 30.6 Å². The number of hydrogen-bond donors (Lipinski definition) is 4. The molecule has 0 saturated carbocycles. The normalized spacial score (nSPS) is 14.0. The molecule has 4 N–H and O–H groups in total. The van der Waals surface area contributed by atoms with Crippen LogP contribution in [0.15, 0.2) is 66.9 Å². The van der Waals surface area contributed by atoms with Gasteiger partial charge in [-0.2, -0.15) is 0 Å². The average molecular weight is 645 g/mol. The fourth-order valence-electron chi connectivity index (χ4n) is 5.02. The first-order chi connectivity index (χ1) is 22.5. The number of ketones is 1. The Morgan fingerprint density at radius 3 is 2.30 bits per heavy atom. The lowest BCUT2D eigenvalue weighted by molar-refractivity contribution is 0.0370. The van der Waals surface area contributed by atoms with Crippen LogP contribution in [0.5, 0.6) is 0 Å². The van der Waals surface area contributed by atoms with E-state index in [9.17, 15) is 19.2 Å². The van der Waals surface area contributed by atoms with E-state index in [1.165, 1.54) is 6.92 Å². The number of rotatable bonds is 12. The first-order valence-electron chi connectivity index (χ1n) is 15.8. The maximum atomic E-state index is 13.1. The van der Waals surface area contributed by atoms with Crippen LogP contribution in [0.2, 0.25) is 0 Å². The molecule has 1 aromatic heterocycles. The van der Waals surface area contributed by atoms with E-state index in [1.54, 1.807) is 87.6 Å². The van der Waals surface area contributed by atoms with Gasteiger partial charge in [-0.3, -0.25) is 24.8 Å². The van der Waals surface area contributed by atoms with E-state index in [0.29, 0.717) is 29.0 Å². The Morgan fingerprint density at radius 1 is 0.915 bits per heavy atom. The molecule has 0 radical (unpaired) electrons. The monoisotopic (exact) mass is 644 g/mol. The second-order valence-electron chi connectivity index (χ2n) is 12.3. The van der Waals surface area contributed by atoms with Gasteiger partial charge in [0.2, 0.25) is 0 Å². The fraction of sp³-hybridized carbons (Fsp3) is 0.400. The molecule has 12 heteroatoms. The molecule has 2 aromatic carbocycles. The second kappa shape index (κ2) is 16.7. The number of pyridine rings is 1. The maximum absolute atomic E-state index is 13.1. The predicted octanol–water partition coefficient (Wildman–Crippen LogP) is 6.25. The Kier molecular flexibility index (Phi) is 12.4. The zero-order valence-electron chi connectivity index (χ0n) is 27.4. The molecular formula is C35H44N6O6. The van der Waals surface area contributed by atoms with E-state index in [2.05, 4.69) is 31.2 Å². The van der Waals surface area contributed by atoms with E-state index in [4.69, 9.17) is 9.47 Å². The zero-order valence-corrected chi connectivity index (χ0v) is 27.4. The van der Waals surface area contributed by atoms with Gasteiger partial charge in [0.25, 0.3) is 5.91 Å². The summed E-state index contributed by atoms with van der Waals surface area (Å²) in [6, 6.07) is 16.2. The summed E-state index contributed by atoms with van der Waals surface area (Å²) in [5.41, 5.74) is 2.01. The highest BCUT2D eigenvalue weighted by Gasteiger charge is 2.20. The van der Waals surface area contributed by atoms with E-state index in [-0.39, 0.29) is 17.5 Å². The van der Waals surface area contributed by atoms with Crippen LogP contribution in [0, 0.1) is 0 Å². The highest BCUT2D eigenvalue weighted by molar-refractivity contribution is 6.05. The zero-order chi connectivity index (χ0) is 33.8. The lowest BCUT2D eigenvalue weighted by Gasteiger charge is -2.26. The summed E-state index contributed by atoms with van der Waals surface area (Å²) in [6.07, 6.45) is 3.41. The van der Waals surface area contributed by atoms with Crippen LogP contribution in [0.3, 0.4) is 0 Å². The third kappa shape index (κ3) is 11.5. The number of urea groups is 1. The van der Waals surface area contributed by atoms with E-state index in [1.807, 2.05) is 0 Å². The number of para-hydroxylation sites is 2. The van der Waals surface area contributed by atoms with Crippen molar-refractivity contribution in [3.8, 4) is 0 Å². The van der Waals surface area contributed by atoms with Gasteiger partial charge >= 0.3 is 12.1 Å². The number of Topliss-reactive ketones (excluding diaryl/α,β-unsaturated/α-hetero) is 1. The molecule has 4 rings (SSSR count). The van der Waals surface area contributed by atoms with Crippen LogP contribution in [0.25, 0.3) is 0 Å². The first-order valence-corrected chi connectivity index (χ1v) is 15.8. The highest BCUT2D eigenvalue weighted by atomic mass is 16.6. The van der Waals surface area contributed by atoms with Gasteiger partial charge in [0.1, 0.15) is 11.3 Å². The van der Waals surface area contributed by atoms with Crippen molar-refractivity contribution in [2.75, 3.05) is 48.8 Å². The Morgan fingerprint density at radius 2 is 1.64 bits per heavy atom. The molecule has 4 amide bonds. The minimum atomic E-state index is -0.676. The predicted molar refractivity (Wildman–Crippen MR) is 181 cm³/mol. The number of nitrogens with zero attached hydrogens (tertiary/aromatic N) is 2. The smallest absolute Gasteiger partial charge is 0.412 e. The molecule has 2 heterocycles. The summed E-state index contributed by atoms with van der Waals surface area (Å²) in [4.78, 5) is 57.1. The Labute approximate surface area is 275 Å². The molecule has 1 aliphatic rings. The van der Waals surface area contributed by atoms with E-state index < -0.39 is 23.6 Å². The van der Waals surface area contributed by atoms with Gasteiger partial charge in [-0.1, -0.05) is 30.3 Å². The number of anilines is 3. The molecular weight excluding hydrogens is 600 g/mol. The molecule has 47 heavy (non-hydrogen) atoms. The third-order valence-electron chi connectivity index (χ3n) is 7.39. The largest absolute Gasteiger partial charge is 0.444 e. The molecule has 0 aliphatic carbocycles. The van der Waals surface area contributed by atoms with E-state index in [0.717, 1.165) is 51.3 Å². The number of nitrogens with one attached hydrogen (secondary N) is 4. The number of aromatic nitrogens is 1. The van der Waals surface area contributed by atoms with Gasteiger partial charge in [-0.15, -0.1) is 0 Å². The third-order valence-corrected chi connectivity index (χ3v) is 7.39. The summed E-state index contributed by atoms with van der Waals surface area (Å²) in [7, 11) is 0. The van der Waals surface area contributed by atoms with Crippen LogP contribution in [0.1, 0.15) is 79.4 Å². The van der Waals surface area contributed by atoms with E-state index >= 15 is 0 Å². The minimum absolute atomic E-state index is 0.0924. The number of unbranched alkanes of at least 4 members (excludes halogenated alkanes) is 1. The summed E-state index contributed by atoms with van der Waals surface area (Å²) >= 11 is 0. The van der Waals surface area contributed by atoms with Crippen LogP contribution >= 0.6 is 0 Å². The van der Waals surface area contributed by atoms with Crippen molar-refractivity contribution in [1.82, 2.24) is 15.2 Å². The van der Waals surface area contributed by atoms with Crippen molar-refractivity contribution in [3.05, 3.63) is 83.7 Å². The van der Waals surface area contributed by atoms with Crippen molar-refractivity contribution in [1.29, 1.82) is 0 Å². The number of benzene rings is 2. The van der Waals surface area contributed by atoms with Gasteiger partial charge in [0.15, 0.2) is 5.78 Å². The molecule has 250 valence electrons. The molecule has 1 unspecified atom stereocenters. The summed E-state index contributed by atoms with van der Waals surface area (Å²) in [6.45, 7) is 11.0. The Hall–Kier alpha value is -4.81. The molecule has 1 saturated heterocycles. The van der Waals surface area contributed by atoms with Gasteiger partial charge in [0, 0.05) is 30.5 Å². The number of morpholine rings is 1. The summed E-state index contributed by atoms with van der Waals surface area (Å²) in [5, 5.41) is 11.3. The number of ether oxygens (including phenoxy) is 2. The first kappa shape index (κ1) is 35.1. The molecule has 1 aliphatic heterocycles. The fourth-order valence-corrected chi connectivity index (χ4v) is 5.02. The standard InChI is InChI=1S/C35H44N6O6/c1-24(42)25-10-9-11-27(22-25)37-33(44)39-28(12-7-8-17-41-18-20-46-21-19-41)26-15-16-31(36-23-26)32(43)38-29-13-5-6-14-30(29)40-34(45)47-35(2,3)4/h5-6,9-11,13-16,22-23,28H,7-8,12,17-21H2,1-4H3,(H,38,43)(H,40,45)(H2,37,39,44). The summed E-state index contributed by atoms with van der Waals surface area (Å²) in [5.74, 6) is -0.557.